The zero-order valence-corrected chi connectivity index (χ0v) is 10.3. The van der Waals surface area contributed by atoms with E-state index in [1.807, 2.05) is 6.07 Å². The number of nitrogen functional groups attached to an aromatic ring is 1. The molecule has 0 fully saturated rings. The van der Waals surface area contributed by atoms with Gasteiger partial charge >= 0.3 is 5.97 Å². The minimum absolute atomic E-state index is 0.0395. The first-order valence-electron chi connectivity index (χ1n) is 5.31. The smallest absolute Gasteiger partial charge is 0.328 e. The fraction of sp³-hybridized carbons (Fsp3) is 0.167. The largest absolute Gasteiger partial charge is 0.459 e. The first-order valence-corrected chi connectivity index (χ1v) is 5.69. The van der Waals surface area contributed by atoms with Crippen molar-refractivity contribution in [3.8, 4) is 0 Å². The van der Waals surface area contributed by atoms with Crippen molar-refractivity contribution in [2.75, 3.05) is 5.73 Å². The summed E-state index contributed by atoms with van der Waals surface area (Å²) in [7, 11) is 0. The Kier molecular flexibility index (Phi) is 3.84. The summed E-state index contributed by atoms with van der Waals surface area (Å²) in [5, 5.41) is 4.51. The number of nitrogens with zero attached hydrogens (tertiary/aromatic N) is 2. The van der Waals surface area contributed by atoms with Crippen LogP contribution in [-0.2, 0) is 22.7 Å². The molecular weight excluding hydrogens is 254 g/mol. The van der Waals surface area contributed by atoms with Crippen LogP contribution < -0.4 is 5.73 Å². The molecule has 2 N–H and O–H groups in total. The number of carbonyl (C=O) groups is 1. The Morgan fingerprint density at radius 3 is 3.00 bits per heavy atom. The number of aromatic nitrogens is 2. The maximum absolute atomic E-state index is 11.5. The van der Waals surface area contributed by atoms with Gasteiger partial charge in [0, 0.05) is 11.2 Å². The van der Waals surface area contributed by atoms with E-state index in [1.54, 1.807) is 24.4 Å². The summed E-state index contributed by atoms with van der Waals surface area (Å²) in [6.07, 6.45) is 3.05. The van der Waals surface area contributed by atoms with Gasteiger partial charge in [-0.1, -0.05) is 23.7 Å². The normalized spacial score (nSPS) is 10.3. The van der Waals surface area contributed by atoms with Crippen molar-refractivity contribution in [3.63, 3.8) is 0 Å². The van der Waals surface area contributed by atoms with Crippen molar-refractivity contribution >= 4 is 23.3 Å². The van der Waals surface area contributed by atoms with Crippen LogP contribution in [0.1, 0.15) is 5.56 Å². The van der Waals surface area contributed by atoms with Gasteiger partial charge in [0.2, 0.25) is 0 Å². The highest BCUT2D eigenvalue weighted by atomic mass is 35.5. The molecule has 2 aromatic rings. The van der Waals surface area contributed by atoms with Gasteiger partial charge < -0.3 is 10.5 Å². The Labute approximate surface area is 109 Å². The first kappa shape index (κ1) is 12.4. The molecule has 0 saturated carbocycles. The summed E-state index contributed by atoms with van der Waals surface area (Å²) in [5.41, 5.74) is 6.84. The average Bonchev–Trinajstić information content (AvgIpc) is 2.72. The number of carbonyl (C=O) groups excluding carboxylic acids is 1. The molecule has 1 aromatic heterocycles. The molecule has 0 atom stereocenters. The van der Waals surface area contributed by atoms with Gasteiger partial charge in [-0.25, -0.2) is 0 Å². The summed E-state index contributed by atoms with van der Waals surface area (Å²) in [4.78, 5) is 11.5. The second kappa shape index (κ2) is 5.55. The number of hydrogen-bond acceptors (Lipinski definition) is 4. The van der Waals surface area contributed by atoms with Crippen LogP contribution in [0.5, 0.6) is 0 Å². The quantitative estimate of drug-likeness (QED) is 0.857. The lowest BCUT2D eigenvalue weighted by Gasteiger charge is -2.05. The summed E-state index contributed by atoms with van der Waals surface area (Å²) in [6.45, 7) is 0.230. The van der Waals surface area contributed by atoms with Gasteiger partial charge in [-0.05, 0) is 17.7 Å². The molecule has 18 heavy (non-hydrogen) atoms. The molecule has 1 heterocycles. The van der Waals surface area contributed by atoms with Crippen LogP contribution in [0, 0.1) is 0 Å². The monoisotopic (exact) mass is 265 g/mol. The summed E-state index contributed by atoms with van der Waals surface area (Å²) in [5.74, 6) is -0.377. The Hall–Kier alpha value is -2.01. The second-order valence-corrected chi connectivity index (χ2v) is 4.20. The van der Waals surface area contributed by atoms with Gasteiger partial charge in [-0.15, -0.1) is 0 Å². The highest BCUT2D eigenvalue weighted by Gasteiger charge is 2.06. The van der Waals surface area contributed by atoms with Crippen LogP contribution in [0.4, 0.5) is 5.69 Å². The number of rotatable bonds is 4. The molecule has 6 heteroatoms. The molecule has 0 unspecified atom stereocenters. The van der Waals surface area contributed by atoms with E-state index in [0.29, 0.717) is 10.7 Å². The van der Waals surface area contributed by atoms with Gasteiger partial charge in [0.25, 0.3) is 0 Å². The molecule has 5 nitrogen and oxygen atoms in total. The molecule has 0 radical (unpaired) electrons. The molecule has 2 rings (SSSR count). The predicted octanol–water partition coefficient (Wildman–Crippen LogP) is 1.86. The highest BCUT2D eigenvalue weighted by molar-refractivity contribution is 6.30. The molecular formula is C12H12ClN3O2. The van der Waals surface area contributed by atoms with Crippen LogP contribution in [0.3, 0.4) is 0 Å². The number of benzene rings is 1. The zero-order chi connectivity index (χ0) is 13.0. The van der Waals surface area contributed by atoms with Crippen molar-refractivity contribution in [3.05, 3.63) is 47.2 Å². The maximum atomic E-state index is 11.5. The third-order valence-electron chi connectivity index (χ3n) is 2.23. The van der Waals surface area contributed by atoms with E-state index in [1.165, 1.54) is 10.9 Å². The molecule has 0 saturated heterocycles. The Bertz CT molecular complexity index is 554. The minimum atomic E-state index is -0.377. The molecule has 0 spiro atoms. The van der Waals surface area contributed by atoms with Crippen molar-refractivity contribution < 1.29 is 9.53 Å². The van der Waals surface area contributed by atoms with Crippen molar-refractivity contribution in [1.82, 2.24) is 9.78 Å². The van der Waals surface area contributed by atoms with Gasteiger partial charge in [-0.2, -0.15) is 5.10 Å². The molecule has 0 aliphatic carbocycles. The number of anilines is 1. The van der Waals surface area contributed by atoms with E-state index >= 15 is 0 Å². The van der Waals surface area contributed by atoms with Crippen LogP contribution in [0.15, 0.2) is 36.7 Å². The van der Waals surface area contributed by atoms with Gasteiger partial charge in [0.15, 0.2) is 0 Å². The van der Waals surface area contributed by atoms with E-state index in [2.05, 4.69) is 5.10 Å². The molecule has 0 bridgehead atoms. The Morgan fingerprint density at radius 1 is 1.50 bits per heavy atom. The number of esters is 1. The van der Waals surface area contributed by atoms with Crippen molar-refractivity contribution in [1.29, 1.82) is 0 Å². The lowest BCUT2D eigenvalue weighted by atomic mass is 10.2. The number of ether oxygens (including phenoxy) is 1. The third-order valence-corrected chi connectivity index (χ3v) is 2.47. The first-order chi connectivity index (χ1) is 8.63. The van der Waals surface area contributed by atoms with E-state index < -0.39 is 0 Å². The third kappa shape index (κ3) is 3.49. The lowest BCUT2D eigenvalue weighted by Crippen LogP contribution is -2.13. The standard InChI is InChI=1S/C12H12ClN3O2/c13-10-3-1-2-9(4-10)8-18-12(17)7-16-6-11(14)5-15-16/h1-6H,7-8,14H2. The van der Waals surface area contributed by atoms with Crippen molar-refractivity contribution in [2.45, 2.75) is 13.2 Å². The number of halogens is 1. The molecule has 1 aromatic carbocycles. The molecule has 0 aliphatic rings. The van der Waals surface area contributed by atoms with Crippen LogP contribution >= 0.6 is 11.6 Å². The van der Waals surface area contributed by atoms with Crippen LogP contribution in [0.2, 0.25) is 5.02 Å². The van der Waals surface area contributed by atoms with E-state index in [-0.39, 0.29) is 19.1 Å². The van der Waals surface area contributed by atoms with Crippen molar-refractivity contribution in [2.24, 2.45) is 0 Å². The summed E-state index contributed by atoms with van der Waals surface area (Å²) in [6, 6.07) is 7.16. The van der Waals surface area contributed by atoms with Crippen LogP contribution in [-0.4, -0.2) is 15.7 Å². The summed E-state index contributed by atoms with van der Waals surface area (Å²) >= 11 is 5.82. The Morgan fingerprint density at radius 2 is 2.33 bits per heavy atom. The Balaban J connectivity index is 1.85. The van der Waals surface area contributed by atoms with Crippen LogP contribution in [0.25, 0.3) is 0 Å². The molecule has 0 amide bonds. The number of hydrogen-bond donors (Lipinski definition) is 1. The predicted molar refractivity (Wildman–Crippen MR) is 67.9 cm³/mol. The van der Waals surface area contributed by atoms with E-state index in [4.69, 9.17) is 22.1 Å². The van der Waals surface area contributed by atoms with Gasteiger partial charge in [0.1, 0.15) is 13.2 Å². The molecule has 0 aliphatic heterocycles. The average molecular weight is 266 g/mol. The maximum Gasteiger partial charge on any atom is 0.328 e. The zero-order valence-electron chi connectivity index (χ0n) is 9.54. The minimum Gasteiger partial charge on any atom is -0.459 e. The van der Waals surface area contributed by atoms with Gasteiger partial charge in [-0.3, -0.25) is 9.48 Å². The summed E-state index contributed by atoms with van der Waals surface area (Å²) < 4.78 is 6.52. The fourth-order valence-electron chi connectivity index (χ4n) is 1.43. The SMILES string of the molecule is Nc1cnn(CC(=O)OCc2cccc(Cl)c2)c1. The lowest BCUT2D eigenvalue weighted by molar-refractivity contribution is -0.145. The topological polar surface area (TPSA) is 70.1 Å². The fourth-order valence-corrected chi connectivity index (χ4v) is 1.65. The molecule has 94 valence electrons. The van der Waals surface area contributed by atoms with E-state index in [0.717, 1.165) is 5.56 Å². The highest BCUT2D eigenvalue weighted by Crippen LogP contribution is 2.11. The van der Waals surface area contributed by atoms with Gasteiger partial charge in [0.05, 0.1) is 11.9 Å². The second-order valence-electron chi connectivity index (χ2n) is 3.76. The van der Waals surface area contributed by atoms with E-state index in [9.17, 15) is 4.79 Å². The number of nitrogens with two attached hydrogens (primary N) is 1.